The lowest BCUT2D eigenvalue weighted by molar-refractivity contribution is -0.151. The molecule has 0 saturated carbocycles. The average molecular weight is 297 g/mol. The Balaban J connectivity index is 2.87. The lowest BCUT2D eigenvalue weighted by Gasteiger charge is -2.18. The van der Waals surface area contributed by atoms with Gasteiger partial charge in [0.25, 0.3) is 0 Å². The summed E-state index contributed by atoms with van der Waals surface area (Å²) in [5.74, 6) is -0.489. The monoisotopic (exact) mass is 297 g/mol. The molecule has 0 aliphatic carbocycles. The fourth-order valence-corrected chi connectivity index (χ4v) is 2.06. The minimum Gasteiger partial charge on any atom is -0.479 e. The van der Waals surface area contributed by atoms with Gasteiger partial charge in [-0.15, -0.1) is 0 Å². The van der Waals surface area contributed by atoms with Crippen LogP contribution >= 0.6 is 0 Å². The summed E-state index contributed by atoms with van der Waals surface area (Å²) in [5.41, 5.74) is 6.47. The zero-order valence-electron chi connectivity index (χ0n) is 12.9. The van der Waals surface area contributed by atoms with Crippen LogP contribution in [0.4, 0.5) is 4.39 Å². The van der Waals surface area contributed by atoms with Crippen molar-refractivity contribution in [3.05, 3.63) is 29.6 Å². The minimum atomic E-state index is -0.708. The topological polar surface area (TPSA) is 61.5 Å². The van der Waals surface area contributed by atoms with Crippen molar-refractivity contribution in [1.29, 1.82) is 0 Å². The first-order valence-electron chi connectivity index (χ1n) is 7.34. The van der Waals surface area contributed by atoms with E-state index in [9.17, 15) is 9.18 Å². The highest BCUT2D eigenvalue weighted by Gasteiger charge is 2.21. The highest BCUT2D eigenvalue weighted by Crippen LogP contribution is 2.20. The molecule has 2 unspecified atom stereocenters. The van der Waals surface area contributed by atoms with Gasteiger partial charge in [-0.1, -0.05) is 13.3 Å². The molecule has 1 aromatic carbocycles. The molecule has 0 aliphatic heterocycles. The molecule has 0 spiro atoms. The predicted molar refractivity (Wildman–Crippen MR) is 79.7 cm³/mol. The SMILES string of the molecule is CCCC(Oc1cc(F)cc(CC(C)N)c1)C(=O)OCC. The van der Waals surface area contributed by atoms with Crippen LogP contribution in [0, 0.1) is 5.82 Å². The van der Waals surface area contributed by atoms with Crippen LogP contribution in [0.1, 0.15) is 39.2 Å². The zero-order chi connectivity index (χ0) is 15.8. The molecule has 5 heteroatoms. The van der Waals surface area contributed by atoms with Gasteiger partial charge < -0.3 is 15.2 Å². The lowest BCUT2D eigenvalue weighted by Crippen LogP contribution is -2.29. The van der Waals surface area contributed by atoms with Crippen molar-refractivity contribution in [2.24, 2.45) is 5.73 Å². The van der Waals surface area contributed by atoms with E-state index in [0.717, 1.165) is 12.0 Å². The van der Waals surface area contributed by atoms with Gasteiger partial charge in [0.15, 0.2) is 6.10 Å². The van der Waals surface area contributed by atoms with Gasteiger partial charge in [0.2, 0.25) is 0 Å². The van der Waals surface area contributed by atoms with Gasteiger partial charge in [0.1, 0.15) is 11.6 Å². The molecule has 0 fully saturated rings. The number of rotatable bonds is 8. The average Bonchev–Trinajstić information content (AvgIpc) is 2.37. The molecule has 21 heavy (non-hydrogen) atoms. The van der Waals surface area contributed by atoms with Crippen molar-refractivity contribution >= 4 is 5.97 Å². The second kappa shape index (κ2) is 8.62. The third-order valence-electron chi connectivity index (χ3n) is 2.87. The first-order chi connectivity index (χ1) is 9.96. The molecule has 0 aromatic heterocycles. The third kappa shape index (κ3) is 6.12. The number of nitrogens with two attached hydrogens (primary N) is 1. The largest absolute Gasteiger partial charge is 0.479 e. The van der Waals surface area contributed by atoms with Gasteiger partial charge >= 0.3 is 5.97 Å². The summed E-state index contributed by atoms with van der Waals surface area (Å²) in [5, 5.41) is 0. The number of halogens is 1. The third-order valence-corrected chi connectivity index (χ3v) is 2.87. The molecule has 1 rings (SSSR count). The molecular formula is C16H24FNO3. The van der Waals surface area contributed by atoms with E-state index in [1.165, 1.54) is 12.1 Å². The van der Waals surface area contributed by atoms with Crippen LogP contribution < -0.4 is 10.5 Å². The summed E-state index contributed by atoms with van der Waals surface area (Å²) in [6.45, 7) is 5.83. The number of carbonyl (C=O) groups excluding carboxylic acids is 1. The van der Waals surface area contributed by atoms with Crippen LogP contribution in [0.3, 0.4) is 0 Å². The van der Waals surface area contributed by atoms with Crippen molar-refractivity contribution in [2.75, 3.05) is 6.61 Å². The Kier molecular flexibility index (Phi) is 7.15. The maximum Gasteiger partial charge on any atom is 0.347 e. The first-order valence-corrected chi connectivity index (χ1v) is 7.34. The summed E-state index contributed by atoms with van der Waals surface area (Å²) >= 11 is 0. The maximum atomic E-state index is 13.6. The Labute approximate surface area is 125 Å². The van der Waals surface area contributed by atoms with Crippen LogP contribution in [0.25, 0.3) is 0 Å². The van der Waals surface area contributed by atoms with E-state index in [4.69, 9.17) is 15.2 Å². The molecule has 0 amide bonds. The molecule has 0 heterocycles. The standard InChI is InChI=1S/C16H24FNO3/c1-4-6-15(16(19)20-5-2)21-14-9-12(7-11(3)18)8-13(17)10-14/h8-11,15H,4-7,18H2,1-3H3. The Morgan fingerprint density at radius 3 is 2.62 bits per heavy atom. The Morgan fingerprint density at radius 1 is 1.33 bits per heavy atom. The van der Waals surface area contributed by atoms with E-state index in [0.29, 0.717) is 25.2 Å². The van der Waals surface area contributed by atoms with Gasteiger partial charge in [-0.05, 0) is 44.4 Å². The van der Waals surface area contributed by atoms with E-state index in [1.54, 1.807) is 13.0 Å². The van der Waals surface area contributed by atoms with Crippen LogP contribution in [0.2, 0.25) is 0 Å². The molecular weight excluding hydrogens is 273 g/mol. The summed E-state index contributed by atoms with van der Waals surface area (Å²) in [6, 6.07) is 4.34. The Morgan fingerprint density at radius 2 is 2.05 bits per heavy atom. The molecule has 2 atom stereocenters. The quantitative estimate of drug-likeness (QED) is 0.750. The van der Waals surface area contributed by atoms with Crippen LogP contribution in [-0.4, -0.2) is 24.7 Å². The van der Waals surface area contributed by atoms with E-state index in [1.807, 2.05) is 13.8 Å². The summed E-state index contributed by atoms with van der Waals surface area (Å²) in [7, 11) is 0. The lowest BCUT2D eigenvalue weighted by atomic mass is 10.1. The number of ether oxygens (including phenoxy) is 2. The molecule has 2 N–H and O–H groups in total. The fourth-order valence-electron chi connectivity index (χ4n) is 2.06. The van der Waals surface area contributed by atoms with Gasteiger partial charge in [0, 0.05) is 12.1 Å². The number of benzene rings is 1. The van der Waals surface area contributed by atoms with Gasteiger partial charge in [-0.25, -0.2) is 9.18 Å². The smallest absolute Gasteiger partial charge is 0.347 e. The highest BCUT2D eigenvalue weighted by molar-refractivity contribution is 5.75. The molecule has 0 bridgehead atoms. The molecule has 0 saturated heterocycles. The van der Waals surface area contributed by atoms with Crippen molar-refractivity contribution < 1.29 is 18.7 Å². The Hall–Kier alpha value is -1.62. The second-order valence-electron chi connectivity index (χ2n) is 5.12. The predicted octanol–water partition coefficient (Wildman–Crippen LogP) is 2.83. The van der Waals surface area contributed by atoms with Crippen LogP contribution in [0.5, 0.6) is 5.75 Å². The minimum absolute atomic E-state index is 0.0730. The maximum absolute atomic E-state index is 13.6. The Bertz CT molecular complexity index is 463. The normalized spacial score (nSPS) is 13.6. The second-order valence-corrected chi connectivity index (χ2v) is 5.12. The van der Waals surface area contributed by atoms with Crippen molar-refractivity contribution in [1.82, 2.24) is 0 Å². The van der Waals surface area contributed by atoms with Gasteiger partial charge in [0.05, 0.1) is 6.61 Å². The van der Waals surface area contributed by atoms with Gasteiger partial charge in [-0.3, -0.25) is 0 Å². The fraction of sp³-hybridized carbons (Fsp3) is 0.562. The van der Waals surface area contributed by atoms with Crippen molar-refractivity contribution in [2.45, 2.75) is 52.2 Å². The molecule has 118 valence electrons. The van der Waals surface area contributed by atoms with E-state index < -0.39 is 17.9 Å². The van der Waals surface area contributed by atoms with Crippen molar-refractivity contribution in [3.8, 4) is 5.75 Å². The first kappa shape index (κ1) is 17.4. The molecule has 4 nitrogen and oxygen atoms in total. The van der Waals surface area contributed by atoms with Crippen molar-refractivity contribution in [3.63, 3.8) is 0 Å². The zero-order valence-corrected chi connectivity index (χ0v) is 12.9. The van der Waals surface area contributed by atoms with E-state index in [2.05, 4.69) is 0 Å². The summed E-state index contributed by atoms with van der Waals surface area (Å²) in [4.78, 5) is 11.8. The molecule has 0 aliphatic rings. The van der Waals surface area contributed by atoms with Crippen LogP contribution in [0.15, 0.2) is 18.2 Å². The number of hydrogen-bond donors (Lipinski definition) is 1. The molecule has 0 radical (unpaired) electrons. The van der Waals surface area contributed by atoms with E-state index >= 15 is 0 Å². The van der Waals surface area contributed by atoms with Gasteiger partial charge in [-0.2, -0.15) is 0 Å². The highest BCUT2D eigenvalue weighted by atomic mass is 19.1. The molecule has 1 aromatic rings. The van der Waals surface area contributed by atoms with E-state index in [-0.39, 0.29) is 6.04 Å². The van der Waals surface area contributed by atoms with Crippen LogP contribution in [-0.2, 0) is 16.0 Å². The number of esters is 1. The summed E-state index contributed by atoms with van der Waals surface area (Å²) in [6.07, 6.45) is 1.13. The number of carbonyl (C=O) groups is 1. The number of hydrogen-bond acceptors (Lipinski definition) is 4. The summed E-state index contributed by atoms with van der Waals surface area (Å²) < 4.78 is 24.2.